The number of hydrogen-bond acceptors (Lipinski definition) is 4. The van der Waals surface area contributed by atoms with E-state index in [9.17, 15) is 13.0 Å². The highest BCUT2D eigenvalue weighted by atomic mass is 32.2. The zero-order valence-electron chi connectivity index (χ0n) is 15.1. The lowest BCUT2D eigenvalue weighted by Gasteiger charge is -2.11. The zero-order chi connectivity index (χ0) is 19.0. The van der Waals surface area contributed by atoms with E-state index in [0.717, 1.165) is 11.1 Å². The molecular formula is C20H24N2O3S. The van der Waals surface area contributed by atoms with Gasteiger partial charge in [0.1, 0.15) is 6.54 Å². The third-order valence-corrected chi connectivity index (χ3v) is 4.61. The first-order valence-electron chi connectivity index (χ1n) is 8.38. The third-order valence-electron chi connectivity index (χ3n) is 3.83. The van der Waals surface area contributed by atoms with E-state index in [2.05, 4.69) is 29.2 Å². The predicted molar refractivity (Wildman–Crippen MR) is 105 cm³/mol. The van der Waals surface area contributed by atoms with Crippen LogP contribution in [0.15, 0.2) is 60.9 Å². The van der Waals surface area contributed by atoms with Gasteiger partial charge < -0.3 is 9.45 Å². The van der Waals surface area contributed by atoms with Crippen molar-refractivity contribution < 1.29 is 17.5 Å². The molecule has 1 aromatic carbocycles. The van der Waals surface area contributed by atoms with Crippen molar-refractivity contribution in [2.75, 3.05) is 24.7 Å². The Kier molecular flexibility index (Phi) is 7.12. The summed E-state index contributed by atoms with van der Waals surface area (Å²) in [6.07, 6.45) is 12.1. The number of allylic oxidation sites excluding steroid dienone is 2. The molecule has 138 valence electrons. The van der Waals surface area contributed by atoms with Crippen LogP contribution >= 0.6 is 0 Å². The largest absolute Gasteiger partial charge is 0.748 e. The Labute approximate surface area is 155 Å². The second-order valence-corrected chi connectivity index (χ2v) is 7.71. The van der Waals surface area contributed by atoms with Gasteiger partial charge in [-0.25, -0.2) is 13.0 Å². The zero-order valence-corrected chi connectivity index (χ0v) is 15.9. The molecule has 6 heteroatoms. The summed E-state index contributed by atoms with van der Waals surface area (Å²) in [5, 5.41) is 0. The van der Waals surface area contributed by atoms with Crippen LogP contribution in [-0.4, -0.2) is 32.8 Å². The lowest BCUT2D eigenvalue weighted by Crippen LogP contribution is -2.33. The fourth-order valence-corrected chi connectivity index (χ4v) is 2.85. The molecule has 2 aromatic rings. The monoisotopic (exact) mass is 372 g/mol. The first kappa shape index (κ1) is 19.9. The van der Waals surface area contributed by atoms with Crippen LogP contribution in [0.2, 0.25) is 0 Å². The summed E-state index contributed by atoms with van der Waals surface area (Å²) in [7, 11) is -0.0981. The second-order valence-electron chi connectivity index (χ2n) is 6.19. The van der Waals surface area contributed by atoms with Crippen molar-refractivity contribution in [3.8, 4) is 0 Å². The van der Waals surface area contributed by atoms with Gasteiger partial charge in [-0.05, 0) is 23.3 Å². The van der Waals surface area contributed by atoms with Crippen molar-refractivity contribution in [3.05, 3.63) is 72.1 Å². The SMILES string of the molecule is CN(C)c1ccc(/C=C\C=C\c2cc[n+](CCCS(=O)(=O)[O-])cc2)cc1. The Hall–Kier alpha value is -2.44. The molecule has 0 atom stereocenters. The molecule has 0 aliphatic carbocycles. The highest BCUT2D eigenvalue weighted by molar-refractivity contribution is 7.85. The smallest absolute Gasteiger partial charge is 0.169 e. The van der Waals surface area contributed by atoms with Crippen molar-refractivity contribution in [3.63, 3.8) is 0 Å². The molecule has 0 N–H and O–H groups in total. The number of aryl methyl sites for hydroxylation is 1. The van der Waals surface area contributed by atoms with Crippen LogP contribution in [0.1, 0.15) is 17.5 Å². The van der Waals surface area contributed by atoms with Gasteiger partial charge in [0.05, 0.1) is 10.1 Å². The Morgan fingerprint density at radius 3 is 2.00 bits per heavy atom. The maximum absolute atomic E-state index is 10.6. The van der Waals surface area contributed by atoms with Gasteiger partial charge in [-0.1, -0.05) is 36.4 Å². The van der Waals surface area contributed by atoms with E-state index in [4.69, 9.17) is 0 Å². The van der Waals surface area contributed by atoms with E-state index in [-0.39, 0.29) is 5.75 Å². The highest BCUT2D eigenvalue weighted by Crippen LogP contribution is 2.13. The van der Waals surface area contributed by atoms with Crippen LogP contribution in [0.25, 0.3) is 12.2 Å². The molecule has 0 unspecified atom stereocenters. The molecular weight excluding hydrogens is 348 g/mol. The average Bonchev–Trinajstić information content (AvgIpc) is 2.59. The van der Waals surface area contributed by atoms with Crippen molar-refractivity contribution in [1.29, 1.82) is 0 Å². The molecule has 0 spiro atoms. The minimum absolute atomic E-state index is 0.320. The molecule has 1 aromatic heterocycles. The molecule has 0 saturated carbocycles. The maximum atomic E-state index is 10.6. The van der Waals surface area contributed by atoms with Crippen molar-refractivity contribution in [2.24, 2.45) is 0 Å². The molecule has 26 heavy (non-hydrogen) atoms. The van der Waals surface area contributed by atoms with Gasteiger partial charge in [-0.3, -0.25) is 0 Å². The van der Waals surface area contributed by atoms with Crippen molar-refractivity contribution in [1.82, 2.24) is 0 Å². The summed E-state index contributed by atoms with van der Waals surface area (Å²) in [5.74, 6) is -0.331. The maximum Gasteiger partial charge on any atom is 0.169 e. The molecule has 0 fully saturated rings. The number of aromatic nitrogens is 1. The van der Waals surface area contributed by atoms with E-state index < -0.39 is 10.1 Å². The minimum atomic E-state index is -4.13. The van der Waals surface area contributed by atoms with E-state index in [0.29, 0.717) is 13.0 Å². The number of benzene rings is 1. The van der Waals surface area contributed by atoms with Crippen LogP contribution in [0, 0.1) is 0 Å². The Balaban J connectivity index is 1.86. The van der Waals surface area contributed by atoms with Gasteiger partial charge in [0.2, 0.25) is 0 Å². The molecule has 5 nitrogen and oxygen atoms in total. The predicted octanol–water partition coefficient (Wildman–Crippen LogP) is 2.70. The average molecular weight is 372 g/mol. The summed E-state index contributed by atoms with van der Waals surface area (Å²) in [6.45, 7) is 0.508. The van der Waals surface area contributed by atoms with Crippen LogP contribution < -0.4 is 9.47 Å². The summed E-state index contributed by atoms with van der Waals surface area (Å²) in [4.78, 5) is 2.06. The van der Waals surface area contributed by atoms with E-state index in [1.54, 1.807) is 0 Å². The standard InChI is InChI=1S/C20H24N2O3S/c1-21(2)20-10-8-18(9-11-20)6-3-4-7-19-12-15-22(16-13-19)14-5-17-26(23,24)25/h3-4,6-13,15-16H,5,14,17H2,1-2H3. The fraction of sp³-hybridized carbons (Fsp3) is 0.250. The van der Waals surface area contributed by atoms with E-state index in [1.807, 2.05) is 67.5 Å². The quantitative estimate of drug-likeness (QED) is 0.406. The first-order valence-corrected chi connectivity index (χ1v) is 9.96. The van der Waals surface area contributed by atoms with Gasteiger partial charge in [0.15, 0.2) is 12.4 Å². The van der Waals surface area contributed by atoms with Crippen molar-refractivity contribution >= 4 is 28.0 Å². The number of anilines is 1. The molecule has 0 amide bonds. The molecule has 0 aliphatic heterocycles. The van der Waals surface area contributed by atoms with Gasteiger partial charge in [0.25, 0.3) is 0 Å². The first-order chi connectivity index (χ1) is 12.3. The Morgan fingerprint density at radius 1 is 0.962 bits per heavy atom. The van der Waals surface area contributed by atoms with Gasteiger partial charge >= 0.3 is 0 Å². The van der Waals surface area contributed by atoms with Crippen molar-refractivity contribution in [2.45, 2.75) is 13.0 Å². The van der Waals surface area contributed by atoms with Crippen LogP contribution in [0.5, 0.6) is 0 Å². The molecule has 1 heterocycles. The number of nitrogens with zero attached hydrogens (tertiary/aromatic N) is 2. The molecule has 2 rings (SSSR count). The number of pyridine rings is 1. The van der Waals surface area contributed by atoms with Crippen LogP contribution in [-0.2, 0) is 16.7 Å². The molecule has 0 radical (unpaired) electrons. The lowest BCUT2D eigenvalue weighted by molar-refractivity contribution is -0.696. The summed E-state index contributed by atoms with van der Waals surface area (Å²) < 4.78 is 33.6. The van der Waals surface area contributed by atoms with Gasteiger partial charge in [0, 0.05) is 44.1 Å². The summed E-state index contributed by atoms with van der Waals surface area (Å²) in [6, 6.07) is 12.2. The molecule has 0 aliphatic rings. The normalized spacial score (nSPS) is 12.1. The summed E-state index contributed by atoms with van der Waals surface area (Å²) >= 11 is 0. The van der Waals surface area contributed by atoms with Crippen LogP contribution in [0.3, 0.4) is 0 Å². The fourth-order valence-electron chi connectivity index (χ4n) is 2.37. The lowest BCUT2D eigenvalue weighted by atomic mass is 10.2. The number of hydrogen-bond donors (Lipinski definition) is 0. The third kappa shape index (κ3) is 7.21. The summed E-state index contributed by atoms with van der Waals surface area (Å²) in [5.41, 5.74) is 3.35. The van der Waals surface area contributed by atoms with Gasteiger partial charge in [-0.15, -0.1) is 0 Å². The second kappa shape index (κ2) is 9.31. The van der Waals surface area contributed by atoms with Crippen LogP contribution in [0.4, 0.5) is 5.69 Å². The number of rotatable bonds is 8. The Bertz CT molecular complexity index is 853. The van der Waals surface area contributed by atoms with E-state index in [1.165, 1.54) is 5.69 Å². The minimum Gasteiger partial charge on any atom is -0.748 e. The molecule has 0 bridgehead atoms. The van der Waals surface area contributed by atoms with E-state index >= 15 is 0 Å². The Morgan fingerprint density at radius 2 is 1.50 bits per heavy atom. The topological polar surface area (TPSA) is 64.3 Å². The van der Waals surface area contributed by atoms with Gasteiger partial charge in [-0.2, -0.15) is 0 Å². The highest BCUT2D eigenvalue weighted by Gasteiger charge is 2.02. The molecule has 0 saturated heterocycles.